The summed E-state index contributed by atoms with van der Waals surface area (Å²) in [5, 5.41) is 4.91. The maximum atomic E-state index is 12.3. The van der Waals surface area contributed by atoms with Crippen molar-refractivity contribution < 1.29 is 27.5 Å². The van der Waals surface area contributed by atoms with E-state index in [1.54, 1.807) is 0 Å². The molecule has 1 saturated carbocycles. The van der Waals surface area contributed by atoms with Crippen LogP contribution in [0.1, 0.15) is 49.4 Å². The van der Waals surface area contributed by atoms with E-state index >= 15 is 0 Å². The van der Waals surface area contributed by atoms with Gasteiger partial charge in [-0.3, -0.25) is 10.1 Å². The first-order valence-corrected chi connectivity index (χ1v) is 10.9. The van der Waals surface area contributed by atoms with E-state index in [1.165, 1.54) is 45.3 Å². The molecular formula is C19H27N3O6S. The Hall–Kier alpha value is -2.46. The molecule has 29 heavy (non-hydrogen) atoms. The second-order valence-corrected chi connectivity index (χ2v) is 9.31. The van der Waals surface area contributed by atoms with Crippen LogP contribution in [0.15, 0.2) is 29.2 Å². The van der Waals surface area contributed by atoms with Gasteiger partial charge in [0, 0.05) is 20.1 Å². The minimum atomic E-state index is -3.71. The predicted octanol–water partition coefficient (Wildman–Crippen LogP) is 1.64. The SMILES string of the molecule is C[C@H](OC(=O)c1cccc(S(=O)(=O)N(C)C)c1)C(=O)NC(=O)NC1CCCCC1. The first-order chi connectivity index (χ1) is 13.6. The molecule has 0 bridgehead atoms. The van der Waals surface area contributed by atoms with Crippen molar-refractivity contribution in [3.63, 3.8) is 0 Å². The largest absolute Gasteiger partial charge is 0.449 e. The van der Waals surface area contributed by atoms with E-state index in [1.807, 2.05) is 0 Å². The summed E-state index contributed by atoms with van der Waals surface area (Å²) in [4.78, 5) is 36.3. The lowest BCUT2D eigenvalue weighted by atomic mass is 9.96. The van der Waals surface area contributed by atoms with Gasteiger partial charge in [-0.2, -0.15) is 0 Å². The van der Waals surface area contributed by atoms with Gasteiger partial charge in [0.05, 0.1) is 10.5 Å². The zero-order chi connectivity index (χ0) is 21.6. The Kier molecular flexibility index (Phi) is 7.74. The zero-order valence-corrected chi connectivity index (χ0v) is 17.6. The average molecular weight is 426 g/mol. The number of carbonyl (C=O) groups is 3. The zero-order valence-electron chi connectivity index (χ0n) is 16.8. The highest BCUT2D eigenvalue weighted by Gasteiger charge is 2.24. The number of rotatable bonds is 6. The van der Waals surface area contributed by atoms with Crippen LogP contribution in [0.3, 0.4) is 0 Å². The van der Waals surface area contributed by atoms with Gasteiger partial charge in [-0.15, -0.1) is 0 Å². The molecule has 1 aliphatic rings. The lowest BCUT2D eigenvalue weighted by Crippen LogP contribution is -2.48. The minimum absolute atomic E-state index is 0.0146. The van der Waals surface area contributed by atoms with Crippen molar-refractivity contribution >= 4 is 27.9 Å². The Balaban J connectivity index is 1.94. The molecule has 3 amide bonds. The lowest BCUT2D eigenvalue weighted by Gasteiger charge is -2.23. The van der Waals surface area contributed by atoms with Crippen molar-refractivity contribution in [3.8, 4) is 0 Å². The fourth-order valence-corrected chi connectivity index (χ4v) is 3.91. The van der Waals surface area contributed by atoms with E-state index in [9.17, 15) is 22.8 Å². The Bertz CT molecular complexity index is 862. The van der Waals surface area contributed by atoms with Crippen LogP contribution in [-0.4, -0.2) is 56.9 Å². The second kappa shape index (κ2) is 9.84. The minimum Gasteiger partial charge on any atom is -0.449 e. The molecule has 10 heteroatoms. The van der Waals surface area contributed by atoms with Gasteiger partial charge in [-0.25, -0.2) is 22.3 Å². The van der Waals surface area contributed by atoms with Crippen molar-refractivity contribution in [2.45, 2.75) is 56.1 Å². The Morgan fingerprint density at radius 1 is 1.14 bits per heavy atom. The number of benzene rings is 1. The number of nitrogens with one attached hydrogen (secondary N) is 2. The van der Waals surface area contributed by atoms with E-state index in [0.29, 0.717) is 0 Å². The van der Waals surface area contributed by atoms with Gasteiger partial charge in [-0.05, 0) is 38.0 Å². The summed E-state index contributed by atoms with van der Waals surface area (Å²) in [5.74, 6) is -1.63. The number of esters is 1. The highest BCUT2D eigenvalue weighted by atomic mass is 32.2. The summed E-state index contributed by atoms with van der Waals surface area (Å²) in [6.07, 6.45) is 3.73. The summed E-state index contributed by atoms with van der Waals surface area (Å²) in [6, 6.07) is 4.75. The molecule has 1 aromatic carbocycles. The van der Waals surface area contributed by atoms with Gasteiger partial charge in [-0.1, -0.05) is 25.3 Å². The van der Waals surface area contributed by atoms with Crippen molar-refractivity contribution in [3.05, 3.63) is 29.8 Å². The highest BCUT2D eigenvalue weighted by molar-refractivity contribution is 7.89. The molecule has 9 nitrogen and oxygen atoms in total. The summed E-state index contributed by atoms with van der Waals surface area (Å²) >= 11 is 0. The molecule has 1 aliphatic carbocycles. The molecule has 0 heterocycles. The van der Waals surface area contributed by atoms with Crippen molar-refractivity contribution in [2.24, 2.45) is 0 Å². The van der Waals surface area contributed by atoms with Gasteiger partial charge in [0.15, 0.2) is 6.10 Å². The number of ether oxygens (including phenoxy) is 1. The van der Waals surface area contributed by atoms with Gasteiger partial charge in [0.2, 0.25) is 10.0 Å². The third-order valence-corrected chi connectivity index (χ3v) is 6.49. The van der Waals surface area contributed by atoms with E-state index < -0.39 is 34.0 Å². The molecule has 0 spiro atoms. The molecule has 1 fully saturated rings. The third-order valence-electron chi connectivity index (χ3n) is 4.68. The number of sulfonamides is 1. The normalized spacial score (nSPS) is 16.1. The van der Waals surface area contributed by atoms with Crippen LogP contribution in [0.25, 0.3) is 0 Å². The topological polar surface area (TPSA) is 122 Å². The third kappa shape index (κ3) is 6.26. The van der Waals surface area contributed by atoms with E-state index in [0.717, 1.165) is 36.4 Å². The first-order valence-electron chi connectivity index (χ1n) is 9.46. The molecule has 160 valence electrons. The second-order valence-electron chi connectivity index (χ2n) is 7.16. The molecule has 0 radical (unpaired) electrons. The summed E-state index contributed by atoms with van der Waals surface area (Å²) in [6.45, 7) is 1.33. The fraction of sp³-hybridized carbons (Fsp3) is 0.526. The fourth-order valence-electron chi connectivity index (χ4n) is 2.96. The maximum Gasteiger partial charge on any atom is 0.338 e. The molecule has 0 unspecified atom stereocenters. The van der Waals surface area contributed by atoms with Crippen LogP contribution in [0.2, 0.25) is 0 Å². The standard InChI is InChI=1S/C19H27N3O6S/c1-13(17(23)21-19(25)20-15-9-5-4-6-10-15)28-18(24)14-8-7-11-16(12-14)29(26,27)22(2)3/h7-8,11-13,15H,4-6,9-10H2,1-3H3,(H2,20,21,23,25)/t13-/m0/s1. The molecule has 1 aromatic rings. The monoisotopic (exact) mass is 425 g/mol. The van der Waals surface area contributed by atoms with Crippen LogP contribution in [-0.2, 0) is 19.6 Å². The lowest BCUT2D eigenvalue weighted by molar-refractivity contribution is -0.127. The first kappa shape index (κ1) is 22.8. The van der Waals surface area contributed by atoms with E-state index in [4.69, 9.17) is 4.74 Å². The highest BCUT2D eigenvalue weighted by Crippen LogP contribution is 2.17. The van der Waals surface area contributed by atoms with Gasteiger partial charge < -0.3 is 10.1 Å². The van der Waals surface area contributed by atoms with Crippen LogP contribution < -0.4 is 10.6 Å². The number of hydrogen-bond donors (Lipinski definition) is 2. The Labute approximate surface area is 170 Å². The van der Waals surface area contributed by atoms with Crippen molar-refractivity contribution in [1.82, 2.24) is 14.9 Å². The van der Waals surface area contributed by atoms with Crippen LogP contribution >= 0.6 is 0 Å². The molecule has 0 aromatic heterocycles. The number of hydrogen-bond acceptors (Lipinski definition) is 6. The predicted molar refractivity (Wildman–Crippen MR) is 106 cm³/mol. The van der Waals surface area contributed by atoms with Crippen LogP contribution in [0, 0.1) is 0 Å². The van der Waals surface area contributed by atoms with E-state index in [-0.39, 0.29) is 16.5 Å². The molecule has 2 N–H and O–H groups in total. The van der Waals surface area contributed by atoms with Crippen molar-refractivity contribution in [1.29, 1.82) is 0 Å². The number of imide groups is 1. The molecular weight excluding hydrogens is 398 g/mol. The number of amides is 3. The summed E-state index contributed by atoms with van der Waals surface area (Å²) in [7, 11) is -0.954. The van der Waals surface area contributed by atoms with Gasteiger partial charge >= 0.3 is 12.0 Å². The number of urea groups is 1. The van der Waals surface area contributed by atoms with Crippen LogP contribution in [0.4, 0.5) is 4.79 Å². The van der Waals surface area contributed by atoms with E-state index in [2.05, 4.69) is 10.6 Å². The molecule has 0 aliphatic heterocycles. The summed E-state index contributed by atoms with van der Waals surface area (Å²) in [5.41, 5.74) is -0.0146. The number of nitrogens with zero attached hydrogens (tertiary/aromatic N) is 1. The quantitative estimate of drug-likeness (QED) is 0.668. The average Bonchev–Trinajstić information content (AvgIpc) is 2.68. The molecule has 0 saturated heterocycles. The van der Waals surface area contributed by atoms with Crippen molar-refractivity contribution in [2.75, 3.05) is 14.1 Å². The van der Waals surface area contributed by atoms with Gasteiger partial charge in [0.25, 0.3) is 5.91 Å². The Morgan fingerprint density at radius 2 is 1.79 bits per heavy atom. The van der Waals surface area contributed by atoms with Gasteiger partial charge in [0.1, 0.15) is 0 Å². The number of carbonyl (C=O) groups excluding carboxylic acids is 3. The van der Waals surface area contributed by atoms with Crippen LogP contribution in [0.5, 0.6) is 0 Å². The molecule has 1 atom stereocenters. The Morgan fingerprint density at radius 3 is 2.41 bits per heavy atom. The molecule has 2 rings (SSSR count). The maximum absolute atomic E-state index is 12.3. The smallest absolute Gasteiger partial charge is 0.338 e. The summed E-state index contributed by atoms with van der Waals surface area (Å²) < 4.78 is 30.5.